The standard InChI is InChI=1S/C11H24N2O3S/c1-4-13(5-2)11(14)10-17(15,16)9-7-6-8-12-3/h12H,4-10H2,1-3H3. The first kappa shape index (κ1) is 16.4. The van der Waals surface area contributed by atoms with Crippen LogP contribution in [0.3, 0.4) is 0 Å². The molecule has 0 atom stereocenters. The average Bonchev–Trinajstić information content (AvgIpc) is 2.25. The van der Waals surface area contributed by atoms with Crippen molar-refractivity contribution >= 4 is 15.7 Å². The van der Waals surface area contributed by atoms with Gasteiger partial charge in [-0.3, -0.25) is 4.79 Å². The van der Waals surface area contributed by atoms with Gasteiger partial charge in [0.2, 0.25) is 5.91 Å². The summed E-state index contributed by atoms with van der Waals surface area (Å²) in [4.78, 5) is 13.2. The SMILES string of the molecule is CCN(CC)C(=O)CS(=O)(=O)CCCCNC. The van der Waals surface area contributed by atoms with Crippen molar-refractivity contribution in [2.24, 2.45) is 0 Å². The predicted molar refractivity (Wildman–Crippen MR) is 69.7 cm³/mol. The monoisotopic (exact) mass is 264 g/mol. The molecule has 17 heavy (non-hydrogen) atoms. The Morgan fingerprint density at radius 1 is 1.18 bits per heavy atom. The minimum atomic E-state index is -3.25. The molecule has 6 heteroatoms. The Morgan fingerprint density at radius 2 is 1.76 bits per heavy atom. The van der Waals surface area contributed by atoms with Gasteiger partial charge in [-0.2, -0.15) is 0 Å². The van der Waals surface area contributed by atoms with Crippen LogP contribution >= 0.6 is 0 Å². The van der Waals surface area contributed by atoms with Gasteiger partial charge in [0.05, 0.1) is 5.75 Å². The molecule has 0 aromatic carbocycles. The van der Waals surface area contributed by atoms with Gasteiger partial charge in [-0.15, -0.1) is 0 Å². The fourth-order valence-corrected chi connectivity index (χ4v) is 2.90. The van der Waals surface area contributed by atoms with Crippen LogP contribution in [0.2, 0.25) is 0 Å². The minimum Gasteiger partial charge on any atom is -0.342 e. The van der Waals surface area contributed by atoms with E-state index in [0.29, 0.717) is 19.5 Å². The highest BCUT2D eigenvalue weighted by molar-refractivity contribution is 7.92. The highest BCUT2D eigenvalue weighted by Gasteiger charge is 2.19. The molecule has 0 radical (unpaired) electrons. The van der Waals surface area contributed by atoms with Gasteiger partial charge in [0.1, 0.15) is 5.75 Å². The minimum absolute atomic E-state index is 0.0989. The number of rotatable bonds is 9. The first-order chi connectivity index (χ1) is 7.96. The van der Waals surface area contributed by atoms with Crippen molar-refractivity contribution in [1.29, 1.82) is 0 Å². The van der Waals surface area contributed by atoms with E-state index in [-0.39, 0.29) is 17.4 Å². The van der Waals surface area contributed by atoms with Gasteiger partial charge in [-0.05, 0) is 40.3 Å². The number of carbonyl (C=O) groups excluding carboxylic acids is 1. The molecule has 1 amide bonds. The van der Waals surface area contributed by atoms with Crippen molar-refractivity contribution < 1.29 is 13.2 Å². The third kappa shape index (κ3) is 7.33. The van der Waals surface area contributed by atoms with Crippen LogP contribution in [0.25, 0.3) is 0 Å². The van der Waals surface area contributed by atoms with Crippen molar-refractivity contribution in [3.8, 4) is 0 Å². The van der Waals surface area contributed by atoms with Crippen LogP contribution in [0.4, 0.5) is 0 Å². The van der Waals surface area contributed by atoms with E-state index in [1.54, 1.807) is 4.90 Å². The molecule has 0 rings (SSSR count). The zero-order valence-electron chi connectivity index (χ0n) is 11.0. The molecule has 0 aliphatic rings. The molecule has 0 unspecified atom stereocenters. The first-order valence-electron chi connectivity index (χ1n) is 6.09. The molecule has 0 aromatic heterocycles. The summed E-state index contributed by atoms with van der Waals surface area (Å²) in [7, 11) is -1.41. The second kappa shape index (κ2) is 8.47. The molecular formula is C11H24N2O3S. The van der Waals surface area contributed by atoms with Crippen molar-refractivity contribution in [3.05, 3.63) is 0 Å². The van der Waals surface area contributed by atoms with Crippen LogP contribution in [-0.4, -0.2) is 57.4 Å². The van der Waals surface area contributed by atoms with Gasteiger partial charge < -0.3 is 10.2 Å². The van der Waals surface area contributed by atoms with Crippen molar-refractivity contribution in [3.63, 3.8) is 0 Å². The fourth-order valence-electron chi connectivity index (χ4n) is 1.55. The van der Waals surface area contributed by atoms with E-state index in [9.17, 15) is 13.2 Å². The maximum atomic E-state index is 11.7. The van der Waals surface area contributed by atoms with Crippen LogP contribution < -0.4 is 5.32 Å². The molecule has 0 aliphatic carbocycles. The smallest absolute Gasteiger partial charge is 0.237 e. The highest BCUT2D eigenvalue weighted by Crippen LogP contribution is 2.00. The average molecular weight is 264 g/mol. The Bertz CT molecular complexity index is 311. The van der Waals surface area contributed by atoms with Crippen LogP contribution in [0.5, 0.6) is 0 Å². The summed E-state index contributed by atoms with van der Waals surface area (Å²) in [6.45, 7) is 5.62. The second-order valence-electron chi connectivity index (χ2n) is 3.97. The van der Waals surface area contributed by atoms with E-state index < -0.39 is 9.84 Å². The second-order valence-corrected chi connectivity index (χ2v) is 6.15. The summed E-state index contributed by atoms with van der Waals surface area (Å²) in [6.07, 6.45) is 1.42. The van der Waals surface area contributed by atoms with Gasteiger partial charge in [0, 0.05) is 13.1 Å². The molecular weight excluding hydrogens is 240 g/mol. The molecule has 5 nitrogen and oxygen atoms in total. The summed E-state index contributed by atoms with van der Waals surface area (Å²) < 4.78 is 23.3. The van der Waals surface area contributed by atoms with E-state index >= 15 is 0 Å². The number of unbranched alkanes of at least 4 members (excludes halogenated alkanes) is 1. The lowest BCUT2D eigenvalue weighted by Crippen LogP contribution is -2.36. The number of amides is 1. The maximum Gasteiger partial charge on any atom is 0.237 e. The van der Waals surface area contributed by atoms with E-state index in [1.807, 2.05) is 20.9 Å². The molecule has 0 heterocycles. The number of nitrogens with zero attached hydrogens (tertiary/aromatic N) is 1. The van der Waals surface area contributed by atoms with Crippen LogP contribution in [0.15, 0.2) is 0 Å². The molecule has 0 fully saturated rings. The van der Waals surface area contributed by atoms with Crippen LogP contribution in [0, 0.1) is 0 Å². The first-order valence-corrected chi connectivity index (χ1v) is 7.91. The normalized spacial score (nSPS) is 11.5. The summed E-state index contributed by atoms with van der Waals surface area (Å²) in [5, 5.41) is 2.96. The topological polar surface area (TPSA) is 66.5 Å². The third-order valence-corrected chi connectivity index (χ3v) is 4.19. The number of hydrogen-bond acceptors (Lipinski definition) is 4. The Kier molecular flexibility index (Phi) is 8.16. The number of sulfone groups is 1. The van der Waals surface area contributed by atoms with Gasteiger partial charge >= 0.3 is 0 Å². The van der Waals surface area contributed by atoms with Crippen molar-refractivity contribution in [2.75, 3.05) is 38.2 Å². The Morgan fingerprint density at radius 3 is 2.24 bits per heavy atom. The van der Waals surface area contributed by atoms with E-state index in [1.165, 1.54) is 0 Å². The van der Waals surface area contributed by atoms with Crippen molar-refractivity contribution in [2.45, 2.75) is 26.7 Å². The lowest BCUT2D eigenvalue weighted by molar-refractivity contribution is -0.128. The molecule has 0 aromatic rings. The number of nitrogens with one attached hydrogen (secondary N) is 1. The van der Waals surface area contributed by atoms with E-state index in [2.05, 4.69) is 5.32 Å². The molecule has 0 bridgehead atoms. The molecule has 102 valence electrons. The number of hydrogen-bond donors (Lipinski definition) is 1. The van der Waals surface area contributed by atoms with Crippen molar-refractivity contribution in [1.82, 2.24) is 10.2 Å². The Hall–Kier alpha value is -0.620. The van der Waals surface area contributed by atoms with Gasteiger partial charge in [0.15, 0.2) is 9.84 Å². The third-order valence-electron chi connectivity index (χ3n) is 2.59. The molecule has 0 saturated heterocycles. The van der Waals surface area contributed by atoms with Crippen LogP contribution in [0.1, 0.15) is 26.7 Å². The zero-order chi connectivity index (χ0) is 13.3. The Balaban J connectivity index is 4.11. The highest BCUT2D eigenvalue weighted by atomic mass is 32.2. The van der Waals surface area contributed by atoms with Gasteiger partial charge in [-0.1, -0.05) is 0 Å². The zero-order valence-corrected chi connectivity index (χ0v) is 11.8. The molecule has 1 N–H and O–H groups in total. The molecule has 0 spiro atoms. The summed E-state index contributed by atoms with van der Waals surface area (Å²) in [5.74, 6) is -0.542. The largest absolute Gasteiger partial charge is 0.342 e. The summed E-state index contributed by atoms with van der Waals surface area (Å²) >= 11 is 0. The predicted octanol–water partition coefficient (Wildman–Crippen LogP) is 0.269. The van der Waals surface area contributed by atoms with Gasteiger partial charge in [-0.25, -0.2) is 8.42 Å². The van der Waals surface area contributed by atoms with Crippen LogP contribution in [-0.2, 0) is 14.6 Å². The fraction of sp³-hybridized carbons (Fsp3) is 0.909. The van der Waals surface area contributed by atoms with E-state index in [4.69, 9.17) is 0 Å². The quantitative estimate of drug-likeness (QED) is 0.607. The lowest BCUT2D eigenvalue weighted by Gasteiger charge is -2.18. The Labute approximate surface area is 104 Å². The molecule has 0 aliphatic heterocycles. The molecule has 0 saturated carbocycles. The van der Waals surface area contributed by atoms with E-state index in [0.717, 1.165) is 13.0 Å². The maximum absolute atomic E-state index is 11.7. The summed E-state index contributed by atoms with van der Waals surface area (Å²) in [5.41, 5.74) is 0. The summed E-state index contributed by atoms with van der Waals surface area (Å²) in [6, 6.07) is 0. The lowest BCUT2D eigenvalue weighted by atomic mass is 10.3. The number of carbonyl (C=O) groups is 1. The van der Waals surface area contributed by atoms with Gasteiger partial charge in [0.25, 0.3) is 0 Å².